The molecule has 9 rings (SSSR count). The molecule has 0 saturated heterocycles. The van der Waals surface area contributed by atoms with E-state index in [-0.39, 0.29) is 0 Å². The van der Waals surface area contributed by atoms with Gasteiger partial charge in [-0.1, -0.05) is 132 Å². The minimum atomic E-state index is 0.353. The zero-order valence-electron chi connectivity index (χ0n) is 37.3. The van der Waals surface area contributed by atoms with Crippen LogP contribution in [0, 0.1) is 0 Å². The van der Waals surface area contributed by atoms with Crippen molar-refractivity contribution in [3.05, 3.63) is 162 Å². The van der Waals surface area contributed by atoms with E-state index >= 15 is 0 Å². The summed E-state index contributed by atoms with van der Waals surface area (Å²) < 4.78 is 35.7. The number of para-hydroxylation sites is 1. The fourth-order valence-electron chi connectivity index (χ4n) is 8.26. The number of ether oxygens (including phenoxy) is 6. The summed E-state index contributed by atoms with van der Waals surface area (Å²) in [5, 5.41) is 0. The third kappa shape index (κ3) is 11.5. The van der Waals surface area contributed by atoms with Crippen LogP contribution in [0.2, 0.25) is 0 Å². The lowest BCUT2D eigenvalue weighted by Crippen LogP contribution is -2.14. The largest absolute Gasteiger partial charge is 0.491 e. The molecule has 0 radical (unpaired) electrons. The van der Waals surface area contributed by atoms with Crippen molar-refractivity contribution in [2.45, 2.75) is 0 Å². The van der Waals surface area contributed by atoms with E-state index < -0.39 is 0 Å². The van der Waals surface area contributed by atoms with Crippen LogP contribution in [0.4, 0.5) is 0 Å². The molecule has 0 aliphatic carbocycles. The molecule has 11 heteroatoms. The molecule has 0 amide bonds. The summed E-state index contributed by atoms with van der Waals surface area (Å²) in [6.07, 6.45) is 8.46. The topological polar surface area (TPSA) is 113 Å². The molecular weight excluding hydrogens is 952 g/mol. The number of benzene rings is 4. The van der Waals surface area contributed by atoms with Gasteiger partial charge in [-0.25, -0.2) is 9.97 Å². The normalized spacial score (nSPS) is 12.0. The number of nitrogens with zero attached hydrogens (tertiary/aromatic N) is 2. The highest BCUT2D eigenvalue weighted by Crippen LogP contribution is 2.40. The molecule has 0 saturated carbocycles. The Labute approximate surface area is 404 Å². The van der Waals surface area contributed by atoms with Crippen molar-refractivity contribution < 1.29 is 28.4 Å². The summed E-state index contributed by atoms with van der Waals surface area (Å²) in [5.41, 5.74) is 15.1. The van der Waals surface area contributed by atoms with E-state index in [4.69, 9.17) is 38.4 Å². The molecule has 2 aliphatic heterocycles. The predicted molar refractivity (Wildman–Crippen MR) is 279 cm³/mol. The van der Waals surface area contributed by atoms with Crippen LogP contribution < -0.4 is 4.74 Å². The van der Waals surface area contributed by atoms with Gasteiger partial charge in [-0.05, 0) is 71.3 Å². The summed E-state index contributed by atoms with van der Waals surface area (Å²) in [4.78, 5) is 18.5. The summed E-state index contributed by atoms with van der Waals surface area (Å²) in [6, 6.07) is 48.0. The molecule has 3 aromatic heterocycles. The molecule has 0 fully saturated rings. The molecule has 5 heterocycles. The lowest BCUT2D eigenvalue weighted by atomic mass is 10.0. The minimum Gasteiger partial charge on any atom is -0.491 e. The van der Waals surface area contributed by atoms with Crippen LogP contribution in [0.1, 0.15) is 22.8 Å². The Morgan fingerprint density at radius 2 is 0.672 bits per heavy atom. The summed E-state index contributed by atoms with van der Waals surface area (Å²) >= 11 is 2.29. The number of halogens is 1. The van der Waals surface area contributed by atoms with Gasteiger partial charge < -0.3 is 38.4 Å². The van der Waals surface area contributed by atoms with Gasteiger partial charge in [0.15, 0.2) is 0 Å². The van der Waals surface area contributed by atoms with Gasteiger partial charge in [0, 0.05) is 54.3 Å². The van der Waals surface area contributed by atoms with Gasteiger partial charge in [0.05, 0.1) is 88.8 Å². The average molecular weight is 1000 g/mol. The number of alkyl halides is 1. The third-order valence-electron chi connectivity index (χ3n) is 11.3. The van der Waals surface area contributed by atoms with Crippen LogP contribution >= 0.6 is 22.6 Å². The van der Waals surface area contributed by atoms with Crippen LogP contribution in [0.25, 0.3) is 90.9 Å². The second-order valence-corrected chi connectivity index (χ2v) is 16.8. The number of hydrogen-bond donors (Lipinski definition) is 2. The lowest BCUT2D eigenvalue weighted by Gasteiger charge is -2.13. The Bertz CT molecular complexity index is 2910. The first-order valence-electron chi connectivity index (χ1n) is 22.7. The molecule has 340 valence electrons. The van der Waals surface area contributed by atoms with Crippen molar-refractivity contribution in [2.75, 3.05) is 77.1 Å². The molecule has 10 nitrogen and oxygen atoms in total. The summed E-state index contributed by atoms with van der Waals surface area (Å²) in [6.45, 7) is 5.64. The van der Waals surface area contributed by atoms with Crippen molar-refractivity contribution in [3.63, 3.8) is 0 Å². The number of nitrogens with one attached hydrogen (secondary N) is 2. The van der Waals surface area contributed by atoms with Crippen molar-refractivity contribution in [1.29, 1.82) is 0 Å². The monoisotopic (exact) mass is 1000 g/mol. The number of fused-ring (bicyclic) bond motifs is 8. The molecule has 67 heavy (non-hydrogen) atoms. The SMILES string of the molecule is ICCOCCOCCOCCOCCOCCOc1ccccc1-c1c2nc(c(-c3ccccc3)c3ccc([nH]3)c(-c3ccccc3)c3nc(c(-c4ccccc4)c4ccc1[nH]4)C=C3)C=C2. The maximum Gasteiger partial charge on any atom is 0.127 e. The van der Waals surface area contributed by atoms with E-state index in [2.05, 4.69) is 160 Å². The van der Waals surface area contributed by atoms with E-state index in [9.17, 15) is 0 Å². The molecular formula is C56H53IN4O6. The summed E-state index contributed by atoms with van der Waals surface area (Å²) in [5.74, 6) is 0.724. The number of hydrogen-bond acceptors (Lipinski definition) is 8. The summed E-state index contributed by atoms with van der Waals surface area (Å²) in [7, 11) is 0. The molecule has 0 unspecified atom stereocenters. The molecule has 0 spiro atoms. The first-order valence-corrected chi connectivity index (χ1v) is 24.3. The first kappa shape index (κ1) is 45.9. The molecule has 8 bridgehead atoms. The standard InChI is InChI=1S/C56H53IN4O6/c57-28-29-62-30-31-63-32-33-64-34-35-65-36-37-66-38-39-67-52-19-11-10-18-43(52)56-50-26-24-48(60-50)54(41-14-6-2-7-15-41)46-22-20-44(58-46)53(40-12-4-1-5-13-40)45-21-23-47(59-45)55(42-16-8-3-9-17-42)49-25-27-51(56)61-49/h1-27,58,61H,28-39H2. The highest BCUT2D eigenvalue weighted by atomic mass is 127. The third-order valence-corrected chi connectivity index (χ3v) is 11.7. The van der Waals surface area contributed by atoms with Crippen molar-refractivity contribution in [2.24, 2.45) is 0 Å². The van der Waals surface area contributed by atoms with Crippen molar-refractivity contribution in [3.8, 4) is 50.3 Å². The second kappa shape index (κ2) is 23.5. The predicted octanol–water partition coefficient (Wildman–Crippen LogP) is 12.2. The smallest absolute Gasteiger partial charge is 0.127 e. The Morgan fingerprint density at radius 1 is 0.343 bits per heavy atom. The number of rotatable bonds is 22. The van der Waals surface area contributed by atoms with Gasteiger partial charge in [0.2, 0.25) is 0 Å². The van der Waals surface area contributed by atoms with Gasteiger partial charge in [-0.3, -0.25) is 0 Å². The quantitative estimate of drug-likeness (QED) is 0.0392. The molecule has 2 aliphatic rings. The van der Waals surface area contributed by atoms with Crippen LogP contribution in [-0.2, 0) is 23.7 Å². The number of aromatic amines is 2. The van der Waals surface area contributed by atoms with E-state index in [0.29, 0.717) is 66.1 Å². The minimum absolute atomic E-state index is 0.353. The van der Waals surface area contributed by atoms with E-state index in [1.54, 1.807) is 0 Å². The highest BCUT2D eigenvalue weighted by molar-refractivity contribution is 14.1. The zero-order chi connectivity index (χ0) is 45.5. The van der Waals surface area contributed by atoms with Gasteiger partial charge in [0.1, 0.15) is 12.4 Å². The number of H-pyrrole nitrogens is 2. The van der Waals surface area contributed by atoms with Crippen LogP contribution in [-0.4, -0.2) is 97.0 Å². The van der Waals surface area contributed by atoms with E-state index in [1.165, 1.54) is 0 Å². The Morgan fingerprint density at radius 3 is 1.07 bits per heavy atom. The van der Waals surface area contributed by atoms with Crippen LogP contribution in [0.3, 0.4) is 0 Å². The van der Waals surface area contributed by atoms with Gasteiger partial charge in [0.25, 0.3) is 0 Å². The van der Waals surface area contributed by atoms with Gasteiger partial charge in [-0.2, -0.15) is 0 Å². The maximum atomic E-state index is 6.52. The maximum absolute atomic E-state index is 6.52. The fourth-order valence-corrected chi connectivity index (χ4v) is 8.57. The Kier molecular flexibility index (Phi) is 16.1. The van der Waals surface area contributed by atoms with Crippen LogP contribution in [0.5, 0.6) is 5.75 Å². The lowest BCUT2D eigenvalue weighted by molar-refractivity contribution is -0.0117. The molecule has 2 N–H and O–H groups in total. The highest BCUT2D eigenvalue weighted by Gasteiger charge is 2.20. The van der Waals surface area contributed by atoms with Crippen LogP contribution in [0.15, 0.2) is 140 Å². The second-order valence-electron chi connectivity index (χ2n) is 15.7. The number of aromatic nitrogens is 4. The first-order chi connectivity index (χ1) is 33.2. The average Bonchev–Trinajstić information content (AvgIpc) is 4.23. The van der Waals surface area contributed by atoms with Gasteiger partial charge in [-0.15, -0.1) is 0 Å². The Balaban J connectivity index is 1.04. The Hall–Kier alpha value is -6.19. The van der Waals surface area contributed by atoms with E-state index in [0.717, 1.165) is 106 Å². The van der Waals surface area contributed by atoms with Crippen molar-refractivity contribution >= 4 is 69.0 Å². The molecule has 4 aromatic carbocycles. The van der Waals surface area contributed by atoms with Gasteiger partial charge >= 0.3 is 0 Å². The zero-order valence-corrected chi connectivity index (χ0v) is 39.5. The van der Waals surface area contributed by atoms with E-state index in [1.807, 2.05) is 36.4 Å². The van der Waals surface area contributed by atoms with Crippen molar-refractivity contribution in [1.82, 2.24) is 19.9 Å². The molecule has 0 atom stereocenters. The fraction of sp³-hybridized carbons (Fsp3) is 0.214. The molecule has 7 aromatic rings.